The molecular formula is C23H19ClFN3OS2. The Hall–Kier alpha value is -2.61. The predicted molar refractivity (Wildman–Crippen MR) is 125 cm³/mol. The van der Waals surface area contributed by atoms with Gasteiger partial charge in [0.1, 0.15) is 11.3 Å². The van der Waals surface area contributed by atoms with Crippen molar-refractivity contribution >= 4 is 45.3 Å². The van der Waals surface area contributed by atoms with Crippen molar-refractivity contribution in [2.75, 3.05) is 5.32 Å². The van der Waals surface area contributed by atoms with Gasteiger partial charge < -0.3 is 5.32 Å². The summed E-state index contributed by atoms with van der Waals surface area (Å²) >= 11 is 9.14. The first-order valence-electron chi connectivity index (χ1n) is 9.61. The van der Waals surface area contributed by atoms with E-state index in [1.165, 1.54) is 23.5 Å². The van der Waals surface area contributed by atoms with Crippen LogP contribution >= 0.6 is 34.3 Å². The van der Waals surface area contributed by atoms with Gasteiger partial charge in [0.2, 0.25) is 11.0 Å². The minimum atomic E-state index is -0.459. The van der Waals surface area contributed by atoms with Gasteiger partial charge >= 0.3 is 0 Å². The topological polar surface area (TPSA) is 54.9 Å². The molecule has 4 aromatic rings. The molecule has 1 amide bonds. The smallest absolute Gasteiger partial charge is 0.230 e. The zero-order chi connectivity index (χ0) is 22.0. The van der Waals surface area contributed by atoms with E-state index in [2.05, 4.69) is 15.5 Å². The van der Waals surface area contributed by atoms with Gasteiger partial charge in [-0.05, 0) is 53.9 Å². The van der Waals surface area contributed by atoms with Gasteiger partial charge in [-0.3, -0.25) is 4.79 Å². The van der Waals surface area contributed by atoms with Crippen LogP contribution in [0.3, 0.4) is 0 Å². The Balaban J connectivity index is 1.70. The van der Waals surface area contributed by atoms with E-state index >= 15 is 0 Å². The van der Waals surface area contributed by atoms with Crippen LogP contribution < -0.4 is 5.32 Å². The Bertz CT molecular complexity index is 1210. The number of carbonyl (C=O) groups is 1. The van der Waals surface area contributed by atoms with Crippen LogP contribution in [0.15, 0.2) is 60.1 Å². The minimum Gasteiger partial charge on any atom is -0.300 e. The highest BCUT2D eigenvalue weighted by Crippen LogP contribution is 2.40. The summed E-state index contributed by atoms with van der Waals surface area (Å²) in [6.07, 6.45) is 0. The van der Waals surface area contributed by atoms with Crippen molar-refractivity contribution in [2.45, 2.75) is 19.8 Å². The number of hydrogen-bond donors (Lipinski definition) is 1. The molecular weight excluding hydrogens is 453 g/mol. The monoisotopic (exact) mass is 471 g/mol. The van der Waals surface area contributed by atoms with Crippen LogP contribution in [-0.4, -0.2) is 16.1 Å². The molecule has 1 N–H and O–H groups in total. The Morgan fingerprint density at radius 2 is 2.00 bits per heavy atom. The van der Waals surface area contributed by atoms with E-state index in [-0.39, 0.29) is 17.6 Å². The van der Waals surface area contributed by atoms with Crippen LogP contribution in [0.4, 0.5) is 9.52 Å². The summed E-state index contributed by atoms with van der Waals surface area (Å²) in [7, 11) is 0. The Labute approximate surface area is 192 Å². The van der Waals surface area contributed by atoms with Gasteiger partial charge in [0.15, 0.2) is 0 Å². The Kier molecular flexibility index (Phi) is 6.46. The van der Waals surface area contributed by atoms with Crippen LogP contribution in [0.1, 0.15) is 28.8 Å². The standard InChI is InChI=1S/C23H19ClFN3OS2/c1-13-6-7-15(11-18(13)24)19-8-9-20(31-19)21(16-4-3-5-17(25)10-16)14(2)22(29)27-23-28-26-12-30-23/h3-12,14,21H,1-2H3,(H,27,28,29)/t14?,21-/m1/s1. The number of hydrogen-bond acceptors (Lipinski definition) is 5. The molecule has 2 aromatic heterocycles. The van der Waals surface area contributed by atoms with E-state index in [0.717, 1.165) is 26.4 Å². The third-order valence-electron chi connectivity index (χ3n) is 5.10. The van der Waals surface area contributed by atoms with E-state index in [0.29, 0.717) is 10.2 Å². The van der Waals surface area contributed by atoms with Crippen LogP contribution in [0.2, 0.25) is 5.02 Å². The SMILES string of the molecule is Cc1ccc(-c2ccc([C@@H](c3cccc(F)c3)C(C)C(=O)Nc3nncs3)s2)cc1Cl. The molecule has 0 fully saturated rings. The number of aryl methyl sites for hydroxylation is 1. The van der Waals surface area contributed by atoms with E-state index in [4.69, 9.17) is 11.6 Å². The minimum absolute atomic E-state index is 0.195. The third kappa shape index (κ3) is 4.84. The number of rotatable bonds is 6. The zero-order valence-corrected chi connectivity index (χ0v) is 19.2. The molecule has 0 spiro atoms. The number of amides is 1. The lowest BCUT2D eigenvalue weighted by atomic mass is 9.85. The molecule has 8 heteroatoms. The summed E-state index contributed by atoms with van der Waals surface area (Å²) in [5.74, 6) is -1.30. The number of carbonyl (C=O) groups excluding carboxylic acids is 1. The van der Waals surface area contributed by atoms with E-state index < -0.39 is 5.92 Å². The second-order valence-corrected chi connectivity index (χ2v) is 9.58. The fraction of sp³-hybridized carbons (Fsp3) is 0.174. The van der Waals surface area contributed by atoms with Crippen molar-refractivity contribution in [1.82, 2.24) is 10.2 Å². The second-order valence-electron chi connectivity index (χ2n) is 7.22. The van der Waals surface area contributed by atoms with Crippen LogP contribution in [0.25, 0.3) is 10.4 Å². The zero-order valence-electron chi connectivity index (χ0n) is 16.8. The Morgan fingerprint density at radius 3 is 2.71 bits per heavy atom. The van der Waals surface area contributed by atoms with Crippen LogP contribution in [0, 0.1) is 18.7 Å². The summed E-state index contributed by atoms with van der Waals surface area (Å²) in [4.78, 5) is 15.0. The van der Waals surface area contributed by atoms with E-state index in [1.807, 2.05) is 50.2 Å². The number of thiophene rings is 1. The number of nitrogens with one attached hydrogen (secondary N) is 1. The summed E-state index contributed by atoms with van der Waals surface area (Å²) in [6.45, 7) is 3.80. The first-order valence-corrected chi connectivity index (χ1v) is 11.7. The van der Waals surface area contributed by atoms with Gasteiger partial charge in [0.05, 0.1) is 0 Å². The quantitative estimate of drug-likeness (QED) is 0.337. The van der Waals surface area contributed by atoms with Crippen molar-refractivity contribution in [2.24, 2.45) is 5.92 Å². The molecule has 4 nitrogen and oxygen atoms in total. The van der Waals surface area contributed by atoms with Gasteiger partial charge in [-0.25, -0.2) is 4.39 Å². The summed E-state index contributed by atoms with van der Waals surface area (Å²) in [5.41, 5.74) is 4.33. The van der Waals surface area contributed by atoms with Crippen molar-refractivity contribution in [1.29, 1.82) is 0 Å². The van der Waals surface area contributed by atoms with Gasteiger partial charge in [-0.1, -0.05) is 54.1 Å². The molecule has 0 aliphatic heterocycles. The van der Waals surface area contributed by atoms with Crippen LogP contribution in [-0.2, 0) is 4.79 Å². The number of anilines is 1. The maximum absolute atomic E-state index is 14.0. The molecule has 0 aliphatic rings. The lowest BCUT2D eigenvalue weighted by Gasteiger charge is -2.22. The van der Waals surface area contributed by atoms with E-state index in [1.54, 1.807) is 22.9 Å². The molecule has 4 rings (SSSR count). The van der Waals surface area contributed by atoms with Gasteiger partial charge in [-0.15, -0.1) is 21.5 Å². The molecule has 0 radical (unpaired) electrons. The van der Waals surface area contributed by atoms with Gasteiger partial charge in [0, 0.05) is 26.6 Å². The Morgan fingerprint density at radius 1 is 1.16 bits per heavy atom. The highest BCUT2D eigenvalue weighted by atomic mass is 35.5. The average molecular weight is 472 g/mol. The first-order chi connectivity index (χ1) is 14.9. The van der Waals surface area contributed by atoms with Crippen LogP contribution in [0.5, 0.6) is 0 Å². The molecule has 2 atom stereocenters. The van der Waals surface area contributed by atoms with E-state index in [9.17, 15) is 9.18 Å². The molecule has 2 heterocycles. The molecule has 0 bridgehead atoms. The fourth-order valence-corrected chi connectivity index (χ4v) is 5.29. The number of nitrogens with zero attached hydrogens (tertiary/aromatic N) is 2. The molecule has 1 unspecified atom stereocenters. The largest absolute Gasteiger partial charge is 0.300 e. The summed E-state index contributed by atoms with van der Waals surface area (Å²) in [5, 5.41) is 11.6. The number of aromatic nitrogens is 2. The molecule has 2 aromatic carbocycles. The first kappa shape index (κ1) is 21.6. The van der Waals surface area contributed by atoms with Crippen molar-refractivity contribution in [3.8, 4) is 10.4 Å². The van der Waals surface area contributed by atoms with Gasteiger partial charge in [-0.2, -0.15) is 0 Å². The van der Waals surface area contributed by atoms with Gasteiger partial charge in [0.25, 0.3) is 0 Å². The third-order valence-corrected chi connectivity index (χ3v) is 7.33. The molecule has 31 heavy (non-hydrogen) atoms. The van der Waals surface area contributed by atoms with Crippen molar-refractivity contribution < 1.29 is 9.18 Å². The molecule has 0 saturated carbocycles. The normalized spacial score (nSPS) is 13.0. The van der Waals surface area contributed by atoms with Crippen molar-refractivity contribution in [3.05, 3.63) is 87.0 Å². The maximum atomic E-state index is 14.0. The molecule has 0 aliphatic carbocycles. The lowest BCUT2D eigenvalue weighted by molar-refractivity contribution is -0.119. The average Bonchev–Trinajstić information content (AvgIpc) is 3.43. The highest BCUT2D eigenvalue weighted by Gasteiger charge is 2.29. The fourth-order valence-electron chi connectivity index (χ4n) is 3.42. The molecule has 158 valence electrons. The number of benzene rings is 2. The summed E-state index contributed by atoms with van der Waals surface area (Å²) < 4.78 is 14.0. The second kappa shape index (κ2) is 9.26. The predicted octanol–water partition coefficient (Wildman–Crippen LogP) is 6.77. The highest BCUT2D eigenvalue weighted by molar-refractivity contribution is 7.15. The number of halogens is 2. The lowest BCUT2D eigenvalue weighted by Crippen LogP contribution is -2.26. The summed E-state index contributed by atoms with van der Waals surface area (Å²) in [6, 6.07) is 16.4. The maximum Gasteiger partial charge on any atom is 0.230 e. The molecule has 0 saturated heterocycles. The van der Waals surface area contributed by atoms with Crippen molar-refractivity contribution in [3.63, 3.8) is 0 Å².